The quantitative estimate of drug-likeness (QED) is 0.170. The van der Waals surface area contributed by atoms with Crippen molar-refractivity contribution in [1.29, 1.82) is 0 Å². The Morgan fingerprint density at radius 2 is 1.82 bits per heavy atom. The zero-order valence-corrected chi connectivity index (χ0v) is 19.4. The van der Waals surface area contributed by atoms with Gasteiger partial charge in [-0.3, -0.25) is 19.6 Å². The number of nitrogens with two attached hydrogens (primary N) is 2. The summed E-state index contributed by atoms with van der Waals surface area (Å²) in [7, 11) is 0. The minimum atomic E-state index is -1.19. The van der Waals surface area contributed by atoms with Crippen molar-refractivity contribution in [3.63, 3.8) is 0 Å². The summed E-state index contributed by atoms with van der Waals surface area (Å²) < 4.78 is 5.71. The second kappa shape index (κ2) is 12.3. The third kappa shape index (κ3) is 7.87. The highest BCUT2D eigenvalue weighted by Gasteiger charge is 2.28. The van der Waals surface area contributed by atoms with E-state index < -0.39 is 24.0 Å². The third-order valence-corrected chi connectivity index (χ3v) is 4.83. The summed E-state index contributed by atoms with van der Waals surface area (Å²) in [6.45, 7) is 5.75. The number of pyridine rings is 1. The van der Waals surface area contributed by atoms with Crippen LogP contribution in [0.5, 0.6) is 0 Å². The number of aliphatic carboxylic acids is 1. The number of carboxylic acid groups (broad SMARTS) is 1. The first kappa shape index (κ1) is 26.3. The second-order valence-electron chi connectivity index (χ2n) is 8.16. The van der Waals surface area contributed by atoms with E-state index in [-0.39, 0.29) is 48.1 Å². The minimum Gasteiger partial charge on any atom is -0.480 e. The van der Waals surface area contributed by atoms with E-state index in [0.29, 0.717) is 18.4 Å². The summed E-state index contributed by atoms with van der Waals surface area (Å²) in [5, 5.41) is 14.8. The standard InChI is InChI=1S/C22H31N7O5/c1-12(2)11-16(28-18(30)14-6-9-25-10-7-14)20-29-17(13(3)34-20)19(31)27-15(21(32)33)5-4-8-26-22(23)24/h6-7,9-10,12,15-16H,4-5,8,11H2,1-3H3,(H,27,31)(H,28,30)(H,32,33)(H4,23,24,26)/t15-,16-/m0/s1. The largest absolute Gasteiger partial charge is 0.480 e. The van der Waals surface area contributed by atoms with Crippen LogP contribution in [0.2, 0.25) is 0 Å². The van der Waals surface area contributed by atoms with Gasteiger partial charge in [0.2, 0.25) is 5.89 Å². The smallest absolute Gasteiger partial charge is 0.326 e. The van der Waals surface area contributed by atoms with Crippen molar-refractivity contribution < 1.29 is 23.9 Å². The number of aryl methyl sites for hydroxylation is 1. The van der Waals surface area contributed by atoms with E-state index >= 15 is 0 Å². The van der Waals surface area contributed by atoms with Gasteiger partial charge in [0.05, 0.1) is 0 Å². The van der Waals surface area contributed by atoms with Gasteiger partial charge in [-0.2, -0.15) is 0 Å². The van der Waals surface area contributed by atoms with Crippen molar-refractivity contribution in [2.24, 2.45) is 22.4 Å². The molecule has 2 atom stereocenters. The molecular formula is C22H31N7O5. The summed E-state index contributed by atoms with van der Waals surface area (Å²) in [6, 6.07) is 1.43. The van der Waals surface area contributed by atoms with Crippen LogP contribution in [0.3, 0.4) is 0 Å². The van der Waals surface area contributed by atoms with E-state index in [4.69, 9.17) is 15.9 Å². The zero-order valence-electron chi connectivity index (χ0n) is 19.4. The molecule has 0 bridgehead atoms. The van der Waals surface area contributed by atoms with E-state index in [2.05, 4.69) is 25.6 Å². The maximum Gasteiger partial charge on any atom is 0.326 e. The van der Waals surface area contributed by atoms with Gasteiger partial charge in [-0.25, -0.2) is 9.78 Å². The van der Waals surface area contributed by atoms with E-state index in [1.54, 1.807) is 19.1 Å². The summed E-state index contributed by atoms with van der Waals surface area (Å²) in [6.07, 6.45) is 4.02. The van der Waals surface area contributed by atoms with Gasteiger partial charge in [-0.15, -0.1) is 0 Å². The molecule has 0 aliphatic carbocycles. The lowest BCUT2D eigenvalue weighted by Gasteiger charge is -2.17. The number of oxazole rings is 1. The lowest BCUT2D eigenvalue weighted by atomic mass is 10.0. The monoisotopic (exact) mass is 473 g/mol. The Morgan fingerprint density at radius 1 is 1.15 bits per heavy atom. The van der Waals surface area contributed by atoms with Crippen LogP contribution in [0.1, 0.15) is 71.6 Å². The number of carboxylic acids is 1. The Bertz CT molecular complexity index is 1020. The molecule has 0 saturated carbocycles. The maximum absolute atomic E-state index is 12.8. The van der Waals surface area contributed by atoms with Crippen molar-refractivity contribution in [3.05, 3.63) is 47.4 Å². The Morgan fingerprint density at radius 3 is 2.41 bits per heavy atom. The first-order valence-electron chi connectivity index (χ1n) is 10.9. The molecule has 34 heavy (non-hydrogen) atoms. The highest BCUT2D eigenvalue weighted by atomic mass is 16.4. The summed E-state index contributed by atoms with van der Waals surface area (Å²) in [5.41, 5.74) is 10.9. The van der Waals surface area contributed by atoms with Crippen LogP contribution >= 0.6 is 0 Å². The van der Waals surface area contributed by atoms with Crippen LogP contribution in [0, 0.1) is 12.8 Å². The molecule has 0 aliphatic heterocycles. The predicted octanol–water partition coefficient (Wildman–Crippen LogP) is 1.13. The van der Waals surface area contributed by atoms with Crippen molar-refractivity contribution >= 4 is 23.7 Å². The number of guanidine groups is 1. The van der Waals surface area contributed by atoms with Gasteiger partial charge in [0.25, 0.3) is 11.8 Å². The zero-order chi connectivity index (χ0) is 25.3. The van der Waals surface area contributed by atoms with Crippen molar-refractivity contribution in [3.8, 4) is 0 Å². The summed E-state index contributed by atoms with van der Waals surface area (Å²) in [5.74, 6) is -1.74. The molecule has 7 N–H and O–H groups in total. The fraction of sp³-hybridized carbons (Fsp3) is 0.455. The van der Waals surface area contributed by atoms with Gasteiger partial charge in [0.1, 0.15) is 17.8 Å². The van der Waals surface area contributed by atoms with Gasteiger partial charge >= 0.3 is 5.97 Å². The molecule has 0 radical (unpaired) electrons. The van der Waals surface area contributed by atoms with E-state index in [0.717, 1.165) is 0 Å². The molecule has 0 unspecified atom stereocenters. The van der Waals surface area contributed by atoms with Crippen LogP contribution in [-0.2, 0) is 4.79 Å². The number of hydrogen-bond donors (Lipinski definition) is 5. The molecule has 0 fully saturated rings. The highest BCUT2D eigenvalue weighted by Crippen LogP contribution is 2.24. The molecule has 2 aromatic rings. The van der Waals surface area contributed by atoms with E-state index in [9.17, 15) is 19.5 Å². The van der Waals surface area contributed by atoms with Crippen LogP contribution in [0.25, 0.3) is 0 Å². The Labute approximate surface area is 197 Å². The molecule has 2 rings (SSSR count). The lowest BCUT2D eigenvalue weighted by Crippen LogP contribution is -2.41. The van der Waals surface area contributed by atoms with Crippen molar-refractivity contribution in [2.45, 2.75) is 52.1 Å². The SMILES string of the molecule is Cc1oc([C@H](CC(C)C)NC(=O)c2ccncc2)nc1C(=O)N[C@@H](CCCN=C(N)N)C(=O)O. The Kier molecular flexibility index (Phi) is 9.53. The average molecular weight is 474 g/mol. The van der Waals surface area contributed by atoms with E-state index in [1.165, 1.54) is 12.4 Å². The Hall–Kier alpha value is -3.96. The lowest BCUT2D eigenvalue weighted by molar-refractivity contribution is -0.139. The minimum absolute atomic E-state index is 0.0441. The van der Waals surface area contributed by atoms with E-state index in [1.807, 2.05) is 13.8 Å². The number of nitrogens with one attached hydrogen (secondary N) is 2. The second-order valence-corrected chi connectivity index (χ2v) is 8.16. The number of carbonyl (C=O) groups is 3. The number of aromatic nitrogens is 2. The van der Waals surface area contributed by atoms with Crippen LogP contribution in [0.4, 0.5) is 0 Å². The summed E-state index contributed by atoms with van der Waals surface area (Å²) in [4.78, 5) is 49.0. The van der Waals surface area contributed by atoms with Gasteiger partial charge in [0.15, 0.2) is 11.7 Å². The number of amides is 2. The molecular weight excluding hydrogens is 442 g/mol. The molecule has 2 heterocycles. The number of hydrogen-bond acceptors (Lipinski definition) is 7. The molecule has 2 aromatic heterocycles. The highest BCUT2D eigenvalue weighted by molar-refractivity contribution is 5.96. The van der Waals surface area contributed by atoms with Gasteiger partial charge < -0.3 is 31.6 Å². The average Bonchev–Trinajstić information content (AvgIpc) is 3.17. The van der Waals surface area contributed by atoms with Gasteiger partial charge in [0, 0.05) is 24.5 Å². The molecule has 2 amide bonds. The van der Waals surface area contributed by atoms with Crippen LogP contribution < -0.4 is 22.1 Å². The molecule has 184 valence electrons. The fourth-order valence-corrected chi connectivity index (χ4v) is 3.20. The van der Waals surface area contributed by atoms with Crippen LogP contribution in [-0.4, -0.2) is 51.4 Å². The maximum atomic E-state index is 12.8. The molecule has 0 aliphatic rings. The topological polar surface area (TPSA) is 199 Å². The normalized spacial score (nSPS) is 12.6. The predicted molar refractivity (Wildman–Crippen MR) is 124 cm³/mol. The number of aliphatic imine (C=N–C) groups is 1. The third-order valence-electron chi connectivity index (χ3n) is 4.83. The summed E-state index contributed by atoms with van der Waals surface area (Å²) >= 11 is 0. The number of rotatable bonds is 12. The first-order chi connectivity index (χ1) is 16.1. The molecule has 0 spiro atoms. The number of carbonyl (C=O) groups excluding carboxylic acids is 2. The van der Waals surface area contributed by atoms with Crippen LogP contribution in [0.15, 0.2) is 33.9 Å². The number of nitrogens with zero attached hydrogens (tertiary/aromatic N) is 3. The van der Waals surface area contributed by atoms with Gasteiger partial charge in [-0.05, 0) is 44.2 Å². The molecule has 0 aromatic carbocycles. The Balaban J connectivity index is 2.15. The molecule has 12 heteroatoms. The molecule has 0 saturated heterocycles. The first-order valence-corrected chi connectivity index (χ1v) is 10.9. The fourth-order valence-electron chi connectivity index (χ4n) is 3.20. The molecule has 12 nitrogen and oxygen atoms in total. The van der Waals surface area contributed by atoms with Gasteiger partial charge in [-0.1, -0.05) is 13.8 Å². The van der Waals surface area contributed by atoms with Crippen molar-refractivity contribution in [1.82, 2.24) is 20.6 Å². The van der Waals surface area contributed by atoms with Crippen molar-refractivity contribution in [2.75, 3.05) is 6.54 Å².